The molecule has 0 saturated heterocycles. The number of ether oxygens (including phenoxy) is 2. The second kappa shape index (κ2) is 9.70. The molecular formula is C16H24O3S. The Balaban J connectivity index is 2.69. The Morgan fingerprint density at radius 1 is 1.20 bits per heavy atom. The number of esters is 1. The van der Waals surface area contributed by atoms with Gasteiger partial charge in [-0.2, -0.15) is 0 Å². The molecule has 0 aliphatic rings. The molecule has 1 aromatic rings. The van der Waals surface area contributed by atoms with Crippen LogP contribution in [0.3, 0.4) is 0 Å². The van der Waals surface area contributed by atoms with Gasteiger partial charge in [0.15, 0.2) is 0 Å². The molecule has 112 valence electrons. The van der Waals surface area contributed by atoms with Gasteiger partial charge in [-0.05, 0) is 36.8 Å². The van der Waals surface area contributed by atoms with Crippen LogP contribution in [0.5, 0.6) is 5.75 Å². The first kappa shape index (κ1) is 16.9. The molecular weight excluding hydrogens is 272 g/mol. The van der Waals surface area contributed by atoms with E-state index in [2.05, 4.69) is 13.8 Å². The van der Waals surface area contributed by atoms with Crippen LogP contribution in [0.4, 0.5) is 0 Å². The molecule has 0 aromatic heterocycles. The number of hydrogen-bond acceptors (Lipinski definition) is 4. The lowest BCUT2D eigenvalue weighted by atomic mass is 10.2. The number of hydrogen-bond donors (Lipinski definition) is 0. The van der Waals surface area contributed by atoms with Gasteiger partial charge in [0.1, 0.15) is 11.3 Å². The van der Waals surface area contributed by atoms with Crippen LogP contribution in [-0.2, 0) is 4.74 Å². The SMILES string of the molecule is CCCCOC(=O)c1ccc(SCCCC)cc1OC. The van der Waals surface area contributed by atoms with Crippen molar-refractivity contribution in [3.05, 3.63) is 23.8 Å². The van der Waals surface area contributed by atoms with Crippen LogP contribution in [0, 0.1) is 0 Å². The summed E-state index contributed by atoms with van der Waals surface area (Å²) in [7, 11) is 1.58. The second-order valence-electron chi connectivity index (χ2n) is 4.55. The lowest BCUT2D eigenvalue weighted by Crippen LogP contribution is -2.08. The number of rotatable bonds is 9. The van der Waals surface area contributed by atoms with E-state index in [0.29, 0.717) is 17.9 Å². The summed E-state index contributed by atoms with van der Waals surface area (Å²) in [5, 5.41) is 0. The van der Waals surface area contributed by atoms with Gasteiger partial charge in [-0.1, -0.05) is 26.7 Å². The average molecular weight is 296 g/mol. The molecule has 0 unspecified atom stereocenters. The summed E-state index contributed by atoms with van der Waals surface area (Å²) in [5.41, 5.74) is 0.503. The number of methoxy groups -OCH3 is 1. The molecule has 1 rings (SSSR count). The average Bonchev–Trinajstić information content (AvgIpc) is 2.47. The third-order valence-corrected chi connectivity index (χ3v) is 3.97. The third-order valence-electron chi connectivity index (χ3n) is 2.89. The molecule has 20 heavy (non-hydrogen) atoms. The number of carbonyl (C=O) groups excluding carboxylic acids is 1. The van der Waals surface area contributed by atoms with Crippen molar-refractivity contribution in [3.63, 3.8) is 0 Å². The van der Waals surface area contributed by atoms with Gasteiger partial charge in [0.2, 0.25) is 0 Å². The molecule has 0 N–H and O–H groups in total. The van der Waals surface area contributed by atoms with Gasteiger partial charge < -0.3 is 9.47 Å². The van der Waals surface area contributed by atoms with E-state index < -0.39 is 0 Å². The van der Waals surface area contributed by atoms with Crippen LogP contribution in [0.15, 0.2) is 23.1 Å². The van der Waals surface area contributed by atoms with Crippen molar-refractivity contribution >= 4 is 17.7 Å². The highest BCUT2D eigenvalue weighted by molar-refractivity contribution is 7.99. The maximum Gasteiger partial charge on any atom is 0.341 e. The first-order valence-electron chi connectivity index (χ1n) is 7.20. The van der Waals surface area contributed by atoms with Crippen molar-refractivity contribution in [1.82, 2.24) is 0 Å². The highest BCUT2D eigenvalue weighted by Crippen LogP contribution is 2.27. The summed E-state index contributed by atoms with van der Waals surface area (Å²) in [4.78, 5) is 13.1. The molecule has 3 nitrogen and oxygen atoms in total. The third kappa shape index (κ3) is 5.45. The van der Waals surface area contributed by atoms with Crippen molar-refractivity contribution in [2.24, 2.45) is 0 Å². The first-order chi connectivity index (χ1) is 9.72. The van der Waals surface area contributed by atoms with Gasteiger partial charge in [-0.25, -0.2) is 4.79 Å². The summed E-state index contributed by atoms with van der Waals surface area (Å²) < 4.78 is 10.5. The summed E-state index contributed by atoms with van der Waals surface area (Å²) in [6.45, 7) is 4.71. The van der Waals surface area contributed by atoms with E-state index in [0.717, 1.165) is 23.5 Å². The fourth-order valence-corrected chi connectivity index (χ4v) is 2.67. The molecule has 0 heterocycles. The number of carbonyl (C=O) groups is 1. The van der Waals surface area contributed by atoms with Gasteiger partial charge in [-0.3, -0.25) is 0 Å². The van der Waals surface area contributed by atoms with Gasteiger partial charge in [0, 0.05) is 4.90 Å². The van der Waals surface area contributed by atoms with E-state index in [1.807, 2.05) is 12.1 Å². The van der Waals surface area contributed by atoms with Crippen LogP contribution >= 0.6 is 11.8 Å². The normalized spacial score (nSPS) is 10.3. The molecule has 0 spiro atoms. The monoisotopic (exact) mass is 296 g/mol. The second-order valence-corrected chi connectivity index (χ2v) is 5.72. The Labute approximate surface area is 126 Å². The van der Waals surface area contributed by atoms with Crippen LogP contribution in [0.1, 0.15) is 49.9 Å². The zero-order valence-electron chi connectivity index (χ0n) is 12.6. The van der Waals surface area contributed by atoms with E-state index in [-0.39, 0.29) is 5.97 Å². The van der Waals surface area contributed by atoms with Crippen LogP contribution in [0.2, 0.25) is 0 Å². The Morgan fingerprint density at radius 3 is 2.60 bits per heavy atom. The summed E-state index contributed by atoms with van der Waals surface area (Å²) >= 11 is 1.78. The Hall–Kier alpha value is -1.16. The highest BCUT2D eigenvalue weighted by atomic mass is 32.2. The quantitative estimate of drug-likeness (QED) is 0.380. The molecule has 0 aliphatic heterocycles. The van der Waals surface area contributed by atoms with Gasteiger partial charge in [0.25, 0.3) is 0 Å². The minimum atomic E-state index is -0.305. The molecule has 1 aromatic carbocycles. The van der Waals surface area contributed by atoms with Gasteiger partial charge in [-0.15, -0.1) is 11.8 Å². The Bertz CT molecular complexity index is 418. The smallest absolute Gasteiger partial charge is 0.341 e. The summed E-state index contributed by atoms with van der Waals surface area (Å²) in [6, 6.07) is 5.66. The fourth-order valence-electron chi connectivity index (χ4n) is 1.65. The minimum Gasteiger partial charge on any atom is -0.496 e. The Morgan fingerprint density at radius 2 is 1.95 bits per heavy atom. The maximum atomic E-state index is 12.0. The predicted octanol–water partition coefficient (Wildman–Crippen LogP) is 4.54. The van der Waals surface area contributed by atoms with Crippen molar-refractivity contribution in [2.45, 2.75) is 44.4 Å². The topological polar surface area (TPSA) is 35.5 Å². The van der Waals surface area contributed by atoms with Crippen molar-refractivity contribution < 1.29 is 14.3 Å². The van der Waals surface area contributed by atoms with Crippen molar-refractivity contribution in [3.8, 4) is 5.75 Å². The standard InChI is InChI=1S/C16H24O3S/c1-4-6-10-19-16(17)14-9-8-13(12-15(14)18-3)20-11-7-5-2/h8-9,12H,4-7,10-11H2,1-3H3. The molecule has 0 saturated carbocycles. The van der Waals surface area contributed by atoms with E-state index in [4.69, 9.17) is 9.47 Å². The van der Waals surface area contributed by atoms with Gasteiger partial charge in [0.05, 0.1) is 13.7 Å². The highest BCUT2D eigenvalue weighted by Gasteiger charge is 2.14. The summed E-state index contributed by atoms with van der Waals surface area (Å²) in [6.07, 6.45) is 4.27. The molecule has 0 bridgehead atoms. The molecule has 0 radical (unpaired) electrons. The molecule has 0 aliphatic carbocycles. The molecule has 0 atom stereocenters. The zero-order chi connectivity index (χ0) is 14.8. The van der Waals surface area contributed by atoms with Crippen molar-refractivity contribution in [2.75, 3.05) is 19.5 Å². The van der Waals surface area contributed by atoms with Crippen LogP contribution in [0.25, 0.3) is 0 Å². The fraction of sp³-hybridized carbons (Fsp3) is 0.562. The zero-order valence-corrected chi connectivity index (χ0v) is 13.4. The van der Waals surface area contributed by atoms with Crippen LogP contribution < -0.4 is 4.74 Å². The van der Waals surface area contributed by atoms with E-state index in [9.17, 15) is 4.79 Å². The molecule has 4 heteroatoms. The number of unbranched alkanes of at least 4 members (excludes halogenated alkanes) is 2. The lowest BCUT2D eigenvalue weighted by Gasteiger charge is -2.10. The van der Waals surface area contributed by atoms with E-state index >= 15 is 0 Å². The first-order valence-corrected chi connectivity index (χ1v) is 8.19. The van der Waals surface area contributed by atoms with Crippen LogP contribution in [-0.4, -0.2) is 25.4 Å². The van der Waals surface area contributed by atoms with Gasteiger partial charge >= 0.3 is 5.97 Å². The minimum absolute atomic E-state index is 0.305. The van der Waals surface area contributed by atoms with Crippen molar-refractivity contribution in [1.29, 1.82) is 0 Å². The lowest BCUT2D eigenvalue weighted by molar-refractivity contribution is 0.0496. The maximum absolute atomic E-state index is 12.0. The largest absolute Gasteiger partial charge is 0.496 e. The molecule has 0 fully saturated rings. The Kier molecular flexibility index (Phi) is 8.19. The number of benzene rings is 1. The molecule has 0 amide bonds. The van der Waals surface area contributed by atoms with E-state index in [1.54, 1.807) is 24.9 Å². The summed E-state index contributed by atoms with van der Waals surface area (Å²) in [5.74, 6) is 1.37. The number of thioether (sulfide) groups is 1. The predicted molar refractivity (Wildman–Crippen MR) is 83.8 cm³/mol. The van der Waals surface area contributed by atoms with E-state index in [1.165, 1.54) is 12.8 Å².